The third kappa shape index (κ3) is 3.38. The van der Waals surface area contributed by atoms with Crippen molar-refractivity contribution in [1.82, 2.24) is 4.90 Å². The Hall–Kier alpha value is -2.44. The van der Waals surface area contributed by atoms with E-state index in [9.17, 15) is 19.1 Å². The summed E-state index contributed by atoms with van der Waals surface area (Å²) in [5.74, 6) is -1.05. The largest absolute Gasteiger partial charge is 0.860 e. The summed E-state index contributed by atoms with van der Waals surface area (Å²) < 4.78 is 14.8. The van der Waals surface area contributed by atoms with Gasteiger partial charge in [0, 0.05) is 31.6 Å². The average molecular weight is 386 g/mol. The highest BCUT2D eigenvalue weighted by Gasteiger charge is 2.36. The fourth-order valence-corrected chi connectivity index (χ4v) is 4.64. The van der Waals surface area contributed by atoms with Gasteiger partial charge < -0.3 is 14.9 Å². The van der Waals surface area contributed by atoms with Gasteiger partial charge in [0.25, 0.3) is 5.91 Å². The quantitative estimate of drug-likeness (QED) is 0.795. The van der Waals surface area contributed by atoms with Crippen LogP contribution in [0.1, 0.15) is 61.4 Å². The summed E-state index contributed by atoms with van der Waals surface area (Å²) >= 11 is 0. The second-order valence-electron chi connectivity index (χ2n) is 8.01. The number of nitrogens with zero attached hydrogens (tertiary/aromatic N) is 3. The number of rotatable bonds is 4. The molecule has 3 aliphatic rings. The lowest BCUT2D eigenvalue weighted by atomic mass is 9.92. The molecule has 0 radical (unpaired) electrons. The third-order valence-corrected chi connectivity index (χ3v) is 6.18. The van der Waals surface area contributed by atoms with Crippen LogP contribution in [0.25, 0.3) is 0 Å². The molecule has 3 heterocycles. The topological polar surface area (TPSA) is 76.0 Å². The van der Waals surface area contributed by atoms with Crippen molar-refractivity contribution in [3.8, 4) is 0 Å². The number of hydrogen-bond acceptors (Lipinski definition) is 4. The minimum absolute atomic E-state index is 0.156. The molecule has 1 aromatic carbocycles. The van der Waals surface area contributed by atoms with Crippen LogP contribution < -0.4 is 10.0 Å². The Labute approximate surface area is 164 Å². The van der Waals surface area contributed by atoms with Gasteiger partial charge in [0.2, 0.25) is 5.91 Å². The highest BCUT2D eigenvalue weighted by atomic mass is 19.1. The number of fused-ring (bicyclic) bond motifs is 1. The zero-order valence-corrected chi connectivity index (χ0v) is 16.1. The molecule has 4 rings (SSSR count). The Balaban J connectivity index is 1.54. The number of benzene rings is 1. The molecule has 0 N–H and O–H groups in total. The van der Waals surface area contributed by atoms with Crippen LogP contribution in [0.5, 0.6) is 0 Å². The summed E-state index contributed by atoms with van der Waals surface area (Å²) in [6.45, 7) is 4.09. The lowest BCUT2D eigenvalue weighted by Crippen LogP contribution is -2.48. The highest BCUT2D eigenvalue weighted by molar-refractivity contribution is 6.03. The van der Waals surface area contributed by atoms with Crippen LogP contribution in [0.2, 0.25) is 0 Å². The smallest absolute Gasteiger partial charge is 0.255 e. The standard InChI is InChI=1S/C21H26FN3O3/c1-2-3-13-6-8-24(9-7-13)18-10-14-12-25(21(28)15(14)11-16(18)22)17-4-5-19(26)23-20(17)27/h10-11,13,17H,2-9,12H2,1H3,(H,23,26,27)/p-1. The first kappa shape index (κ1) is 18.9. The maximum atomic E-state index is 14.8. The van der Waals surface area contributed by atoms with E-state index < -0.39 is 23.7 Å². The van der Waals surface area contributed by atoms with Crippen molar-refractivity contribution < 1.29 is 19.1 Å². The molecule has 0 spiro atoms. The predicted octanol–water partition coefficient (Wildman–Crippen LogP) is 2.25. The summed E-state index contributed by atoms with van der Waals surface area (Å²) in [6.07, 6.45) is 4.94. The van der Waals surface area contributed by atoms with E-state index in [1.165, 1.54) is 23.8 Å². The van der Waals surface area contributed by atoms with Gasteiger partial charge in [-0.2, -0.15) is 0 Å². The minimum Gasteiger partial charge on any atom is -0.860 e. The summed E-state index contributed by atoms with van der Waals surface area (Å²) in [6, 6.07) is 2.34. The number of halogens is 1. The van der Waals surface area contributed by atoms with E-state index in [1.54, 1.807) is 6.07 Å². The first-order chi connectivity index (χ1) is 13.5. The molecule has 6 nitrogen and oxygen atoms in total. The SMILES string of the molecule is CCCC1CCN(c2cc3c(cc2F)C(=O)N(C2CCC(=O)N=C2[O-])C3)CC1. The Kier molecular flexibility index (Phi) is 5.08. The van der Waals surface area contributed by atoms with Gasteiger partial charge in [-0.1, -0.05) is 19.8 Å². The first-order valence-electron chi connectivity index (χ1n) is 10.1. The Morgan fingerprint density at radius 1 is 1.21 bits per heavy atom. The summed E-state index contributed by atoms with van der Waals surface area (Å²) in [5.41, 5.74) is 1.59. The van der Waals surface area contributed by atoms with Crippen molar-refractivity contribution in [2.24, 2.45) is 10.9 Å². The van der Waals surface area contributed by atoms with Gasteiger partial charge in [-0.05, 0) is 48.8 Å². The van der Waals surface area contributed by atoms with E-state index in [0.717, 1.165) is 31.5 Å². The monoisotopic (exact) mass is 386 g/mol. The van der Waals surface area contributed by atoms with E-state index >= 15 is 0 Å². The van der Waals surface area contributed by atoms with Gasteiger partial charge in [0.15, 0.2) is 0 Å². The number of aliphatic imine (C=N–C) groups is 1. The molecule has 28 heavy (non-hydrogen) atoms. The van der Waals surface area contributed by atoms with Crippen LogP contribution in [0.15, 0.2) is 17.1 Å². The molecular weight excluding hydrogens is 361 g/mol. The molecule has 1 aromatic rings. The van der Waals surface area contributed by atoms with E-state index in [-0.39, 0.29) is 25.3 Å². The van der Waals surface area contributed by atoms with Gasteiger partial charge >= 0.3 is 0 Å². The van der Waals surface area contributed by atoms with E-state index in [0.29, 0.717) is 17.2 Å². The molecule has 0 aromatic heterocycles. The highest BCUT2D eigenvalue weighted by Crippen LogP contribution is 2.34. The molecule has 1 unspecified atom stereocenters. The Bertz CT molecular complexity index is 830. The molecule has 2 amide bonds. The zero-order valence-electron chi connectivity index (χ0n) is 16.1. The van der Waals surface area contributed by atoms with Crippen molar-refractivity contribution >= 4 is 23.4 Å². The number of anilines is 1. The van der Waals surface area contributed by atoms with Gasteiger partial charge in [-0.25, -0.2) is 9.38 Å². The maximum absolute atomic E-state index is 14.8. The minimum atomic E-state index is -0.728. The molecule has 0 bridgehead atoms. The molecule has 1 fully saturated rings. The third-order valence-electron chi connectivity index (χ3n) is 6.18. The van der Waals surface area contributed by atoms with Crippen LogP contribution in [0, 0.1) is 11.7 Å². The fraction of sp³-hybridized carbons (Fsp3) is 0.571. The number of carbonyl (C=O) groups excluding carboxylic acids is 2. The summed E-state index contributed by atoms with van der Waals surface area (Å²) in [7, 11) is 0. The van der Waals surface area contributed by atoms with Crippen molar-refractivity contribution in [2.75, 3.05) is 18.0 Å². The van der Waals surface area contributed by atoms with Gasteiger partial charge in [-0.15, -0.1) is 0 Å². The molecular formula is C21H25FN3O3-. The van der Waals surface area contributed by atoms with Gasteiger partial charge in [0.1, 0.15) is 5.82 Å². The number of amides is 2. The van der Waals surface area contributed by atoms with Crippen LogP contribution in [-0.4, -0.2) is 41.7 Å². The number of carbonyl (C=O) groups is 2. The number of piperidine rings is 1. The Morgan fingerprint density at radius 2 is 1.96 bits per heavy atom. The van der Waals surface area contributed by atoms with Crippen molar-refractivity contribution in [3.05, 3.63) is 29.1 Å². The second-order valence-corrected chi connectivity index (χ2v) is 8.01. The first-order valence-corrected chi connectivity index (χ1v) is 10.1. The lowest BCUT2D eigenvalue weighted by molar-refractivity contribution is -0.225. The molecule has 0 aliphatic carbocycles. The van der Waals surface area contributed by atoms with Crippen LogP contribution in [-0.2, 0) is 11.3 Å². The predicted molar refractivity (Wildman–Crippen MR) is 102 cm³/mol. The van der Waals surface area contributed by atoms with Crippen molar-refractivity contribution in [3.63, 3.8) is 0 Å². The fourth-order valence-electron chi connectivity index (χ4n) is 4.64. The van der Waals surface area contributed by atoms with Gasteiger partial charge in [-0.3, -0.25) is 9.59 Å². The zero-order chi connectivity index (χ0) is 19.8. The van der Waals surface area contributed by atoms with Crippen LogP contribution in [0.4, 0.5) is 10.1 Å². The normalized spacial score (nSPS) is 23.2. The molecule has 150 valence electrons. The number of hydrogen-bond donors (Lipinski definition) is 0. The maximum Gasteiger partial charge on any atom is 0.255 e. The molecule has 0 saturated carbocycles. The second kappa shape index (κ2) is 7.53. The molecule has 7 heteroatoms. The van der Waals surface area contributed by atoms with E-state index in [4.69, 9.17) is 0 Å². The van der Waals surface area contributed by atoms with Crippen molar-refractivity contribution in [2.45, 2.75) is 58.0 Å². The molecule has 3 aliphatic heterocycles. The van der Waals surface area contributed by atoms with Crippen molar-refractivity contribution in [1.29, 1.82) is 0 Å². The lowest BCUT2D eigenvalue weighted by Gasteiger charge is -2.34. The molecule has 1 atom stereocenters. The molecule has 1 saturated heterocycles. The summed E-state index contributed by atoms with van der Waals surface area (Å²) in [4.78, 5) is 31.0. The van der Waals surface area contributed by atoms with Gasteiger partial charge in [0.05, 0.1) is 11.7 Å². The van der Waals surface area contributed by atoms with E-state index in [2.05, 4.69) is 16.8 Å². The summed E-state index contributed by atoms with van der Waals surface area (Å²) in [5, 5.41) is 12.1. The average Bonchev–Trinajstić information content (AvgIpc) is 2.98. The van der Waals surface area contributed by atoms with Crippen LogP contribution >= 0.6 is 0 Å². The van der Waals surface area contributed by atoms with Crippen LogP contribution in [0.3, 0.4) is 0 Å². The van der Waals surface area contributed by atoms with E-state index in [1.807, 2.05) is 0 Å². The Morgan fingerprint density at radius 3 is 2.64 bits per heavy atom.